The van der Waals surface area contributed by atoms with E-state index in [4.69, 9.17) is 9.72 Å². The largest absolute Gasteiger partial charge is 0.437 e. The lowest BCUT2D eigenvalue weighted by Crippen LogP contribution is -2.38. The normalized spacial score (nSPS) is 17.7. The van der Waals surface area contributed by atoms with Crippen molar-refractivity contribution in [1.29, 1.82) is 0 Å². The minimum absolute atomic E-state index is 0. The Morgan fingerprint density at radius 3 is 2.67 bits per heavy atom. The molecule has 1 aliphatic carbocycles. The topological polar surface area (TPSA) is 118 Å². The summed E-state index contributed by atoms with van der Waals surface area (Å²) >= 11 is 0. The third-order valence-corrected chi connectivity index (χ3v) is 8.74. The van der Waals surface area contributed by atoms with Gasteiger partial charge in [-0.15, -0.1) is 12.4 Å². The van der Waals surface area contributed by atoms with Gasteiger partial charge in [-0.05, 0) is 75.0 Å². The van der Waals surface area contributed by atoms with Crippen LogP contribution >= 0.6 is 12.4 Å². The summed E-state index contributed by atoms with van der Waals surface area (Å²) in [5.74, 6) is -0.331. The molecule has 0 radical (unpaired) electrons. The second-order valence-corrected chi connectivity index (χ2v) is 12.4. The molecule has 1 aliphatic heterocycles. The maximum atomic E-state index is 15.0. The van der Waals surface area contributed by atoms with E-state index < -0.39 is 27.3 Å². The van der Waals surface area contributed by atoms with Crippen LogP contribution in [0.1, 0.15) is 31.2 Å². The van der Waals surface area contributed by atoms with Crippen LogP contribution in [0.4, 0.5) is 20.4 Å². The second kappa shape index (κ2) is 11.9. The number of sulfonamides is 1. The fraction of sp³-hybridized carbons (Fsp3) is 0.345. The molecule has 2 aromatic heterocycles. The summed E-state index contributed by atoms with van der Waals surface area (Å²) in [6.45, 7) is 3.67. The predicted octanol–water partition coefficient (Wildman–Crippen LogP) is 5.76. The first-order chi connectivity index (χ1) is 19.7. The quantitative estimate of drug-likeness (QED) is 0.217. The maximum absolute atomic E-state index is 15.0. The van der Waals surface area contributed by atoms with Gasteiger partial charge in [-0.2, -0.15) is 0 Å². The van der Waals surface area contributed by atoms with Gasteiger partial charge in [0.2, 0.25) is 21.9 Å². The zero-order chi connectivity index (χ0) is 28.6. The summed E-state index contributed by atoms with van der Waals surface area (Å²) in [4.78, 5) is 13.5. The molecule has 2 aliphatic rings. The molecule has 1 unspecified atom stereocenters. The number of nitrogens with one attached hydrogen (secondary N) is 3. The first-order valence-electron chi connectivity index (χ1n) is 13.5. The van der Waals surface area contributed by atoms with Crippen LogP contribution in [0.15, 0.2) is 54.9 Å². The summed E-state index contributed by atoms with van der Waals surface area (Å²) in [5, 5.41) is 7.50. The Hall–Kier alpha value is -3.61. The minimum atomic E-state index is -4.13. The van der Waals surface area contributed by atoms with Gasteiger partial charge in [-0.25, -0.2) is 32.2 Å². The monoisotopic (exact) mass is 616 g/mol. The van der Waals surface area contributed by atoms with E-state index in [0.717, 1.165) is 37.6 Å². The molecule has 2 fully saturated rings. The zero-order valence-corrected chi connectivity index (χ0v) is 24.5. The Kier molecular flexibility index (Phi) is 8.49. The first-order valence-corrected chi connectivity index (χ1v) is 15.2. The number of hydrogen-bond donors (Lipinski definition) is 3. The van der Waals surface area contributed by atoms with Crippen molar-refractivity contribution in [2.75, 3.05) is 28.9 Å². The predicted molar refractivity (Wildman–Crippen MR) is 161 cm³/mol. The smallest absolute Gasteiger partial charge is 0.236 e. The number of fused-ring (bicyclic) bond motifs is 1. The number of anilines is 2. The molecule has 1 atom stereocenters. The van der Waals surface area contributed by atoms with E-state index in [1.807, 2.05) is 13.0 Å². The number of pyridine rings is 1. The van der Waals surface area contributed by atoms with Crippen LogP contribution in [-0.2, 0) is 10.0 Å². The number of rotatable bonds is 9. The number of halogens is 3. The number of nitrogens with zero attached hydrogens (tertiary/aromatic N) is 3. The van der Waals surface area contributed by atoms with Crippen molar-refractivity contribution in [3.63, 3.8) is 0 Å². The van der Waals surface area contributed by atoms with Crippen LogP contribution in [0.5, 0.6) is 11.6 Å². The molecule has 2 aromatic carbocycles. The molecule has 0 amide bonds. The van der Waals surface area contributed by atoms with Crippen molar-refractivity contribution in [1.82, 2.24) is 20.3 Å². The molecule has 1 saturated heterocycles. The highest BCUT2D eigenvalue weighted by molar-refractivity contribution is 7.92. The number of ether oxygens (including phenoxy) is 1. The third-order valence-electron chi connectivity index (χ3n) is 7.33. The molecule has 4 aromatic rings. The second-order valence-electron chi connectivity index (χ2n) is 10.7. The molecule has 9 nitrogen and oxygen atoms in total. The number of alkyl halides is 1. The van der Waals surface area contributed by atoms with Gasteiger partial charge in [-0.3, -0.25) is 4.72 Å². The molecular formula is C29H31ClF2N6O3S. The number of benzene rings is 2. The summed E-state index contributed by atoms with van der Waals surface area (Å²) in [5.41, 5.74) is -0.0491. The van der Waals surface area contributed by atoms with Gasteiger partial charge in [0.25, 0.3) is 0 Å². The van der Waals surface area contributed by atoms with Crippen molar-refractivity contribution < 1.29 is 21.9 Å². The standard InChI is InChI=1S/C29H30F2N6O3S.ClH/c1-18-6-7-20-21(8-9-23(30)25(20)37-41(38,39)17-29(31)11-12-29)26(18)40-27-22(5-3-14-33-27)24-10-15-34-28(36-24)35-19-4-2-13-32-16-19;/h3,5-10,14-15,19,32,37H,2,4,11-13,16-17H2,1H3,(H,34,35,36);1H. The first kappa shape index (κ1) is 29.9. The molecule has 3 N–H and O–H groups in total. The number of hydrogen-bond acceptors (Lipinski definition) is 8. The van der Waals surface area contributed by atoms with Crippen LogP contribution in [0.3, 0.4) is 0 Å². The van der Waals surface area contributed by atoms with Gasteiger partial charge in [0, 0.05) is 35.8 Å². The van der Waals surface area contributed by atoms with E-state index in [2.05, 4.69) is 25.3 Å². The maximum Gasteiger partial charge on any atom is 0.236 e. The third kappa shape index (κ3) is 6.55. The fourth-order valence-electron chi connectivity index (χ4n) is 5.01. The number of aromatic nitrogens is 3. The molecule has 0 bridgehead atoms. The van der Waals surface area contributed by atoms with Crippen LogP contribution < -0.4 is 20.1 Å². The fourth-order valence-corrected chi connectivity index (χ4v) is 6.57. The van der Waals surface area contributed by atoms with E-state index in [1.54, 1.807) is 36.7 Å². The van der Waals surface area contributed by atoms with Crippen molar-refractivity contribution in [3.8, 4) is 22.9 Å². The van der Waals surface area contributed by atoms with Crippen LogP contribution in [0.2, 0.25) is 0 Å². The van der Waals surface area contributed by atoms with Gasteiger partial charge in [0.1, 0.15) is 23.0 Å². The lowest BCUT2D eigenvalue weighted by molar-refractivity contribution is 0.341. The molecule has 222 valence electrons. The van der Waals surface area contributed by atoms with Gasteiger partial charge in [-0.1, -0.05) is 12.1 Å². The van der Waals surface area contributed by atoms with Crippen LogP contribution in [-0.4, -0.2) is 53.9 Å². The van der Waals surface area contributed by atoms with Crippen molar-refractivity contribution in [2.45, 2.75) is 44.3 Å². The lowest BCUT2D eigenvalue weighted by atomic mass is 10.0. The highest BCUT2D eigenvalue weighted by Crippen LogP contribution is 2.42. The molecule has 42 heavy (non-hydrogen) atoms. The van der Waals surface area contributed by atoms with Gasteiger partial charge >= 0.3 is 0 Å². The molecule has 13 heteroatoms. The Bertz CT molecular complexity index is 1720. The summed E-state index contributed by atoms with van der Waals surface area (Å²) in [6.07, 6.45) is 5.72. The average molecular weight is 617 g/mol. The molecule has 3 heterocycles. The Balaban J connectivity index is 0.00000353. The van der Waals surface area contributed by atoms with E-state index >= 15 is 0 Å². The van der Waals surface area contributed by atoms with Gasteiger partial charge < -0.3 is 15.4 Å². The molecule has 1 saturated carbocycles. The molecule has 6 rings (SSSR count). The zero-order valence-electron chi connectivity index (χ0n) is 22.9. The van der Waals surface area contributed by atoms with Crippen molar-refractivity contribution >= 4 is 44.8 Å². The summed E-state index contributed by atoms with van der Waals surface area (Å²) in [6, 6.07) is 11.6. The lowest BCUT2D eigenvalue weighted by Gasteiger charge is -2.23. The van der Waals surface area contributed by atoms with Gasteiger partial charge in [0.15, 0.2) is 0 Å². The van der Waals surface area contributed by atoms with Crippen molar-refractivity contribution in [3.05, 3.63) is 66.2 Å². The van der Waals surface area contributed by atoms with Crippen molar-refractivity contribution in [2.24, 2.45) is 0 Å². The Morgan fingerprint density at radius 1 is 1.10 bits per heavy atom. The Morgan fingerprint density at radius 2 is 1.90 bits per heavy atom. The van der Waals surface area contributed by atoms with E-state index in [-0.39, 0.29) is 48.2 Å². The van der Waals surface area contributed by atoms with E-state index in [0.29, 0.717) is 28.3 Å². The number of piperidine rings is 1. The number of aryl methyl sites for hydroxylation is 1. The molecule has 0 spiro atoms. The van der Waals surface area contributed by atoms with Crippen LogP contribution in [0, 0.1) is 12.7 Å². The van der Waals surface area contributed by atoms with Crippen LogP contribution in [0.25, 0.3) is 22.0 Å². The van der Waals surface area contributed by atoms with E-state index in [9.17, 15) is 17.2 Å². The summed E-state index contributed by atoms with van der Waals surface area (Å²) in [7, 11) is -4.13. The minimum Gasteiger partial charge on any atom is -0.437 e. The SMILES string of the molecule is Cc1ccc2c(NS(=O)(=O)CC3(F)CC3)c(F)ccc2c1Oc1ncccc1-c1ccnc(NC2CCCNC2)n1.Cl. The van der Waals surface area contributed by atoms with E-state index in [1.165, 1.54) is 6.07 Å². The molecular weight excluding hydrogens is 586 g/mol. The average Bonchev–Trinajstić information content (AvgIpc) is 3.68. The highest BCUT2D eigenvalue weighted by atomic mass is 35.5. The highest BCUT2D eigenvalue weighted by Gasteiger charge is 2.47. The van der Waals surface area contributed by atoms with Gasteiger partial charge in [0.05, 0.1) is 16.9 Å². The Labute approximate surface area is 249 Å². The summed E-state index contributed by atoms with van der Waals surface area (Å²) < 4.78 is 63.1.